The van der Waals surface area contributed by atoms with Gasteiger partial charge < -0.3 is 10.6 Å². The summed E-state index contributed by atoms with van der Waals surface area (Å²) in [7, 11) is 0. The van der Waals surface area contributed by atoms with Gasteiger partial charge in [0.25, 0.3) is 5.69 Å². The molecule has 138 valence electrons. The zero-order chi connectivity index (χ0) is 19.3. The number of benzene rings is 2. The fourth-order valence-corrected chi connectivity index (χ4v) is 2.25. The van der Waals surface area contributed by atoms with Crippen LogP contribution in [0.3, 0.4) is 0 Å². The third kappa shape index (κ3) is 4.50. The van der Waals surface area contributed by atoms with E-state index in [1.54, 1.807) is 0 Å². The quantitative estimate of drug-likeness (QED) is 0.313. The van der Waals surface area contributed by atoms with Gasteiger partial charge in [-0.3, -0.25) is 10.1 Å². The summed E-state index contributed by atoms with van der Waals surface area (Å²) in [6.45, 7) is 3.47. The lowest BCUT2D eigenvalue weighted by Crippen LogP contribution is -2.09. The van der Waals surface area contributed by atoms with Gasteiger partial charge in [0.15, 0.2) is 11.5 Å². The van der Waals surface area contributed by atoms with Crippen LogP contribution < -0.4 is 10.6 Å². The van der Waals surface area contributed by atoms with Crippen molar-refractivity contribution < 1.29 is 22.5 Å². The predicted molar refractivity (Wildman–Crippen MR) is 90.5 cm³/mol. The van der Waals surface area contributed by atoms with Crippen molar-refractivity contribution in [3.63, 3.8) is 0 Å². The second-order valence-corrected chi connectivity index (χ2v) is 5.30. The number of rotatable bonds is 7. The second kappa shape index (κ2) is 7.85. The lowest BCUT2D eigenvalue weighted by Gasteiger charge is -2.13. The van der Waals surface area contributed by atoms with Crippen molar-refractivity contribution in [2.24, 2.45) is 0 Å². The van der Waals surface area contributed by atoms with E-state index in [-0.39, 0.29) is 30.0 Å². The highest BCUT2D eigenvalue weighted by Crippen LogP contribution is 2.33. The molecule has 0 aliphatic rings. The fraction of sp³-hybridized carbons (Fsp3) is 0.176. The summed E-state index contributed by atoms with van der Waals surface area (Å²) < 4.78 is 52.7. The van der Waals surface area contributed by atoms with Crippen LogP contribution in [0.2, 0.25) is 0 Å². The van der Waals surface area contributed by atoms with Crippen LogP contribution >= 0.6 is 0 Å². The van der Waals surface area contributed by atoms with E-state index >= 15 is 0 Å². The highest BCUT2D eigenvalue weighted by Gasteiger charge is 2.30. The van der Waals surface area contributed by atoms with Crippen LogP contribution in [0.15, 0.2) is 49.1 Å². The molecule has 9 heteroatoms. The smallest absolute Gasteiger partial charge is 0.379 e. The Hall–Kier alpha value is -3.10. The van der Waals surface area contributed by atoms with Crippen LogP contribution in [0.5, 0.6) is 0 Å². The minimum Gasteiger partial charge on any atom is -0.379 e. The molecular weight excluding hydrogens is 354 g/mol. The third-order valence-electron chi connectivity index (χ3n) is 3.48. The molecular formula is C17H15F4N3O2. The standard InChI is InChI=1S/C17H15F4N3O2/c1-2-8-22-16-14(24(25)26)7-6-13(15(16)18)23-10-11-4-3-5-12(9-11)17(19,20)21/h2-7,9,22-23H,1,8,10H2. The molecule has 0 heterocycles. The van der Waals surface area contributed by atoms with E-state index in [0.717, 1.165) is 18.2 Å². The first-order valence-electron chi connectivity index (χ1n) is 7.45. The molecule has 2 aromatic rings. The molecule has 0 spiro atoms. The first-order valence-corrected chi connectivity index (χ1v) is 7.45. The summed E-state index contributed by atoms with van der Waals surface area (Å²) in [6, 6.07) is 6.88. The minimum absolute atomic E-state index is 0.0698. The van der Waals surface area contributed by atoms with Gasteiger partial charge in [-0.15, -0.1) is 6.58 Å². The highest BCUT2D eigenvalue weighted by atomic mass is 19.4. The summed E-state index contributed by atoms with van der Waals surface area (Å²) in [4.78, 5) is 10.3. The first-order chi connectivity index (χ1) is 12.2. The van der Waals surface area contributed by atoms with Crippen LogP contribution in [-0.2, 0) is 12.7 Å². The van der Waals surface area contributed by atoms with Crippen molar-refractivity contribution in [1.29, 1.82) is 0 Å². The largest absolute Gasteiger partial charge is 0.416 e. The molecule has 2 rings (SSSR count). The summed E-state index contributed by atoms with van der Waals surface area (Å²) in [5, 5.41) is 16.2. The van der Waals surface area contributed by atoms with Crippen molar-refractivity contribution in [2.45, 2.75) is 12.7 Å². The van der Waals surface area contributed by atoms with E-state index in [9.17, 15) is 27.7 Å². The molecule has 2 N–H and O–H groups in total. The molecule has 0 fully saturated rings. The fourth-order valence-electron chi connectivity index (χ4n) is 2.25. The minimum atomic E-state index is -4.48. The number of halogens is 4. The van der Waals surface area contributed by atoms with E-state index in [0.29, 0.717) is 0 Å². The molecule has 0 saturated heterocycles. The number of nitrogens with one attached hydrogen (secondary N) is 2. The van der Waals surface area contributed by atoms with Crippen molar-refractivity contribution in [3.8, 4) is 0 Å². The average Bonchev–Trinajstić information content (AvgIpc) is 2.58. The van der Waals surface area contributed by atoms with Crippen LogP contribution in [0, 0.1) is 15.9 Å². The van der Waals surface area contributed by atoms with Crippen LogP contribution in [0.4, 0.5) is 34.6 Å². The molecule has 0 bridgehead atoms. The zero-order valence-corrected chi connectivity index (χ0v) is 13.4. The molecule has 2 aromatic carbocycles. The first kappa shape index (κ1) is 19.2. The van der Waals surface area contributed by atoms with Gasteiger partial charge in [-0.1, -0.05) is 18.2 Å². The van der Waals surface area contributed by atoms with E-state index in [4.69, 9.17) is 0 Å². The van der Waals surface area contributed by atoms with Crippen LogP contribution in [-0.4, -0.2) is 11.5 Å². The number of anilines is 2. The summed E-state index contributed by atoms with van der Waals surface area (Å²) >= 11 is 0. The lowest BCUT2D eigenvalue weighted by atomic mass is 10.1. The Bertz CT molecular complexity index is 822. The van der Waals surface area contributed by atoms with E-state index in [1.165, 1.54) is 24.3 Å². The van der Waals surface area contributed by atoms with Gasteiger partial charge in [0.05, 0.1) is 16.2 Å². The van der Waals surface area contributed by atoms with Gasteiger partial charge in [-0.05, 0) is 23.8 Å². The molecule has 0 aromatic heterocycles. The predicted octanol–water partition coefficient (Wildman–Crippen LogP) is 4.96. The Morgan fingerprint density at radius 2 is 1.92 bits per heavy atom. The maximum atomic E-state index is 14.5. The number of hydrogen-bond donors (Lipinski definition) is 2. The van der Waals surface area contributed by atoms with Gasteiger partial charge >= 0.3 is 6.18 Å². The third-order valence-corrected chi connectivity index (χ3v) is 3.48. The van der Waals surface area contributed by atoms with E-state index < -0.39 is 28.2 Å². The number of alkyl halides is 3. The van der Waals surface area contributed by atoms with Gasteiger partial charge in [0.1, 0.15) is 0 Å². The summed E-state index contributed by atoms with van der Waals surface area (Å²) in [6.07, 6.45) is -3.07. The molecule has 0 atom stereocenters. The topological polar surface area (TPSA) is 67.2 Å². The molecule has 0 aliphatic carbocycles. The maximum Gasteiger partial charge on any atom is 0.416 e. The molecule has 0 saturated carbocycles. The number of nitrogens with zero attached hydrogens (tertiary/aromatic N) is 1. The number of hydrogen-bond acceptors (Lipinski definition) is 4. The molecule has 0 radical (unpaired) electrons. The molecule has 0 unspecified atom stereocenters. The molecule has 5 nitrogen and oxygen atoms in total. The van der Waals surface area contributed by atoms with Gasteiger partial charge in [0.2, 0.25) is 0 Å². The van der Waals surface area contributed by atoms with E-state index in [1.807, 2.05) is 0 Å². The van der Waals surface area contributed by atoms with Gasteiger partial charge in [-0.2, -0.15) is 13.2 Å². The molecule has 0 aliphatic heterocycles. The SMILES string of the molecule is C=CCNc1c([N+](=O)[O-])ccc(NCc2cccc(C(F)(F)F)c2)c1F. The number of nitro groups is 1. The van der Waals surface area contributed by atoms with Crippen LogP contribution in [0.25, 0.3) is 0 Å². The monoisotopic (exact) mass is 369 g/mol. The summed E-state index contributed by atoms with van der Waals surface area (Å²) in [5.74, 6) is -0.895. The van der Waals surface area contributed by atoms with Crippen molar-refractivity contribution in [2.75, 3.05) is 17.2 Å². The maximum absolute atomic E-state index is 14.5. The normalized spacial score (nSPS) is 11.1. The summed E-state index contributed by atoms with van der Waals surface area (Å²) in [5.41, 5.74) is -1.36. The Kier molecular flexibility index (Phi) is 5.81. The van der Waals surface area contributed by atoms with Crippen molar-refractivity contribution in [1.82, 2.24) is 0 Å². The number of nitro benzene ring substituents is 1. The average molecular weight is 369 g/mol. The van der Waals surface area contributed by atoms with Crippen molar-refractivity contribution in [3.05, 3.63) is 76.1 Å². The Morgan fingerprint density at radius 1 is 1.19 bits per heavy atom. The Morgan fingerprint density at radius 3 is 2.54 bits per heavy atom. The Balaban J connectivity index is 2.25. The van der Waals surface area contributed by atoms with Crippen LogP contribution in [0.1, 0.15) is 11.1 Å². The van der Waals surface area contributed by atoms with Gasteiger partial charge in [0, 0.05) is 19.2 Å². The lowest BCUT2D eigenvalue weighted by molar-refractivity contribution is -0.384. The Labute approximate surface area is 146 Å². The zero-order valence-electron chi connectivity index (χ0n) is 13.4. The second-order valence-electron chi connectivity index (χ2n) is 5.30. The molecule has 0 amide bonds. The highest BCUT2D eigenvalue weighted by molar-refractivity contribution is 5.70. The van der Waals surface area contributed by atoms with Gasteiger partial charge in [-0.25, -0.2) is 4.39 Å². The molecule has 26 heavy (non-hydrogen) atoms. The van der Waals surface area contributed by atoms with Crippen molar-refractivity contribution >= 4 is 17.1 Å². The van der Waals surface area contributed by atoms with E-state index in [2.05, 4.69) is 17.2 Å².